The lowest BCUT2D eigenvalue weighted by Gasteiger charge is -2.32. The van der Waals surface area contributed by atoms with Gasteiger partial charge in [0.15, 0.2) is 0 Å². The Labute approximate surface area is 146 Å². The molecule has 0 radical (unpaired) electrons. The van der Waals surface area contributed by atoms with Crippen molar-refractivity contribution in [1.82, 2.24) is 4.90 Å². The van der Waals surface area contributed by atoms with Gasteiger partial charge >= 0.3 is 0 Å². The molecule has 2 aromatic carbocycles. The van der Waals surface area contributed by atoms with Gasteiger partial charge in [0.05, 0.1) is 0 Å². The molecule has 0 amide bonds. The summed E-state index contributed by atoms with van der Waals surface area (Å²) in [5, 5.41) is 0. The molecular weight excluding hydrogens is 292 g/mol. The Kier molecular flexibility index (Phi) is 5.03. The first-order valence-electron chi connectivity index (χ1n) is 9.13. The number of amidine groups is 1. The van der Waals surface area contributed by atoms with Gasteiger partial charge in [0.2, 0.25) is 0 Å². The monoisotopic (exact) mass is 320 g/mol. The van der Waals surface area contributed by atoms with Crippen LogP contribution in [0.5, 0.6) is 0 Å². The molecule has 1 atom stereocenters. The van der Waals surface area contributed by atoms with Gasteiger partial charge in [0.25, 0.3) is 0 Å². The van der Waals surface area contributed by atoms with Gasteiger partial charge in [0, 0.05) is 18.7 Å². The highest BCUT2D eigenvalue weighted by Gasteiger charge is 2.43. The number of aliphatic imine (C=N–C) groups is 1. The van der Waals surface area contributed by atoms with E-state index in [4.69, 9.17) is 4.99 Å². The Morgan fingerprint density at radius 2 is 1.62 bits per heavy atom. The smallest absolute Gasteiger partial charge is 0.131 e. The summed E-state index contributed by atoms with van der Waals surface area (Å²) in [6, 6.07) is 21.5. The maximum Gasteiger partial charge on any atom is 0.131 e. The fraction of sp³-hybridized carbons (Fsp3) is 0.409. The van der Waals surface area contributed by atoms with Crippen LogP contribution in [0.25, 0.3) is 0 Å². The van der Waals surface area contributed by atoms with Crippen molar-refractivity contribution >= 4 is 5.84 Å². The molecule has 0 spiro atoms. The van der Waals surface area contributed by atoms with Crippen LogP contribution in [0.2, 0.25) is 0 Å². The molecule has 0 aliphatic carbocycles. The van der Waals surface area contributed by atoms with Crippen molar-refractivity contribution in [2.45, 2.75) is 39.2 Å². The van der Waals surface area contributed by atoms with Crippen LogP contribution in [0.3, 0.4) is 0 Å². The molecule has 1 aliphatic heterocycles. The third-order valence-corrected chi connectivity index (χ3v) is 5.08. The standard InChI is InChI=1S/C22H28N2/c1-4-5-16-24-17-22(18(2)3,20-14-10-7-11-15-20)23-21(24)19-12-8-6-9-13-19/h6-15,18H,4-5,16-17H2,1-3H3. The summed E-state index contributed by atoms with van der Waals surface area (Å²) >= 11 is 0. The van der Waals surface area contributed by atoms with Crippen LogP contribution in [0.15, 0.2) is 65.7 Å². The molecule has 2 heteroatoms. The van der Waals surface area contributed by atoms with Crippen LogP contribution in [-0.4, -0.2) is 23.8 Å². The first kappa shape index (κ1) is 16.8. The highest BCUT2D eigenvalue weighted by atomic mass is 15.3. The minimum atomic E-state index is -0.153. The lowest BCUT2D eigenvalue weighted by Crippen LogP contribution is -2.38. The van der Waals surface area contributed by atoms with E-state index >= 15 is 0 Å². The van der Waals surface area contributed by atoms with Gasteiger partial charge in [-0.25, -0.2) is 0 Å². The molecule has 24 heavy (non-hydrogen) atoms. The first-order chi connectivity index (χ1) is 11.7. The molecule has 0 aromatic heterocycles. The Balaban J connectivity index is 2.06. The van der Waals surface area contributed by atoms with E-state index in [0.717, 1.165) is 18.9 Å². The maximum atomic E-state index is 5.34. The highest BCUT2D eigenvalue weighted by Crippen LogP contribution is 2.40. The average Bonchev–Trinajstić information content (AvgIpc) is 3.02. The van der Waals surface area contributed by atoms with Gasteiger partial charge in [0.1, 0.15) is 11.4 Å². The second-order valence-electron chi connectivity index (χ2n) is 7.02. The molecule has 3 rings (SSSR count). The van der Waals surface area contributed by atoms with Gasteiger partial charge in [-0.1, -0.05) is 87.9 Å². The zero-order valence-corrected chi connectivity index (χ0v) is 15.1. The quantitative estimate of drug-likeness (QED) is 0.723. The third-order valence-electron chi connectivity index (χ3n) is 5.08. The Bertz CT molecular complexity index is 676. The molecule has 0 bridgehead atoms. The number of hydrogen-bond acceptors (Lipinski definition) is 2. The highest BCUT2D eigenvalue weighted by molar-refractivity contribution is 6.00. The number of nitrogens with zero attached hydrogens (tertiary/aromatic N) is 2. The van der Waals surface area contributed by atoms with Crippen LogP contribution < -0.4 is 0 Å². The Morgan fingerprint density at radius 1 is 1.00 bits per heavy atom. The molecule has 1 unspecified atom stereocenters. The average molecular weight is 320 g/mol. The number of benzene rings is 2. The van der Waals surface area contributed by atoms with E-state index in [9.17, 15) is 0 Å². The molecule has 126 valence electrons. The fourth-order valence-corrected chi connectivity index (χ4v) is 3.56. The summed E-state index contributed by atoms with van der Waals surface area (Å²) in [6.07, 6.45) is 2.41. The molecule has 0 saturated heterocycles. The Morgan fingerprint density at radius 3 is 2.21 bits per heavy atom. The van der Waals surface area contributed by atoms with Gasteiger partial charge < -0.3 is 4.90 Å². The summed E-state index contributed by atoms with van der Waals surface area (Å²) in [5.41, 5.74) is 2.40. The summed E-state index contributed by atoms with van der Waals surface area (Å²) in [5.74, 6) is 1.60. The van der Waals surface area contributed by atoms with Crippen molar-refractivity contribution in [3.8, 4) is 0 Å². The molecule has 0 saturated carbocycles. The molecule has 1 heterocycles. The van der Waals surface area contributed by atoms with E-state index in [1.54, 1.807) is 0 Å². The van der Waals surface area contributed by atoms with E-state index in [0.29, 0.717) is 5.92 Å². The van der Waals surface area contributed by atoms with Crippen LogP contribution in [0.4, 0.5) is 0 Å². The van der Waals surface area contributed by atoms with Crippen LogP contribution in [-0.2, 0) is 5.54 Å². The van der Waals surface area contributed by atoms with Crippen LogP contribution >= 0.6 is 0 Å². The lowest BCUT2D eigenvalue weighted by atomic mass is 9.80. The first-order valence-corrected chi connectivity index (χ1v) is 9.13. The van der Waals surface area contributed by atoms with Crippen molar-refractivity contribution in [3.05, 3.63) is 71.8 Å². The molecular formula is C22H28N2. The van der Waals surface area contributed by atoms with Crippen molar-refractivity contribution in [2.24, 2.45) is 10.9 Å². The molecule has 1 aliphatic rings. The summed E-state index contributed by atoms with van der Waals surface area (Å²) in [4.78, 5) is 7.83. The molecule has 0 N–H and O–H groups in total. The predicted molar refractivity (Wildman–Crippen MR) is 102 cm³/mol. The van der Waals surface area contributed by atoms with Crippen molar-refractivity contribution in [3.63, 3.8) is 0 Å². The van der Waals surface area contributed by atoms with Crippen LogP contribution in [0, 0.1) is 5.92 Å². The zero-order chi connectivity index (χ0) is 17.0. The van der Waals surface area contributed by atoms with Crippen molar-refractivity contribution in [1.29, 1.82) is 0 Å². The number of rotatable bonds is 6. The minimum absolute atomic E-state index is 0.153. The van der Waals surface area contributed by atoms with Crippen molar-refractivity contribution < 1.29 is 0 Å². The van der Waals surface area contributed by atoms with Gasteiger partial charge in [-0.15, -0.1) is 0 Å². The topological polar surface area (TPSA) is 15.6 Å². The largest absolute Gasteiger partial charge is 0.354 e. The second-order valence-corrected chi connectivity index (χ2v) is 7.02. The van der Waals surface area contributed by atoms with E-state index in [2.05, 4.69) is 86.3 Å². The Hall–Kier alpha value is -2.09. The minimum Gasteiger partial charge on any atom is -0.354 e. The fourth-order valence-electron chi connectivity index (χ4n) is 3.56. The maximum absolute atomic E-state index is 5.34. The van der Waals surface area contributed by atoms with Crippen LogP contribution in [0.1, 0.15) is 44.7 Å². The van der Waals surface area contributed by atoms with Gasteiger partial charge in [-0.3, -0.25) is 4.99 Å². The van der Waals surface area contributed by atoms with E-state index in [1.807, 2.05) is 0 Å². The second kappa shape index (κ2) is 7.21. The van der Waals surface area contributed by atoms with E-state index in [-0.39, 0.29) is 5.54 Å². The molecule has 2 nitrogen and oxygen atoms in total. The third kappa shape index (κ3) is 3.10. The summed E-state index contributed by atoms with van der Waals surface area (Å²) < 4.78 is 0. The number of hydrogen-bond donors (Lipinski definition) is 0. The normalized spacial score (nSPS) is 20.5. The van der Waals surface area contributed by atoms with E-state index in [1.165, 1.54) is 24.0 Å². The number of unbranched alkanes of at least 4 members (excludes halogenated alkanes) is 1. The van der Waals surface area contributed by atoms with Gasteiger partial charge in [-0.2, -0.15) is 0 Å². The lowest BCUT2D eigenvalue weighted by molar-refractivity contribution is 0.271. The summed E-state index contributed by atoms with van der Waals surface area (Å²) in [6.45, 7) is 8.89. The summed E-state index contributed by atoms with van der Waals surface area (Å²) in [7, 11) is 0. The molecule has 2 aromatic rings. The zero-order valence-electron chi connectivity index (χ0n) is 15.1. The predicted octanol–water partition coefficient (Wildman–Crippen LogP) is 5.10. The SMILES string of the molecule is CCCCN1CC(c2ccccc2)(C(C)C)N=C1c1ccccc1. The van der Waals surface area contributed by atoms with Gasteiger partial charge in [-0.05, 0) is 17.9 Å². The van der Waals surface area contributed by atoms with Crippen molar-refractivity contribution in [2.75, 3.05) is 13.1 Å². The molecule has 0 fully saturated rings. The van der Waals surface area contributed by atoms with E-state index < -0.39 is 0 Å².